The fourth-order valence-corrected chi connectivity index (χ4v) is 0.330. The molecular formula is C6H8O2. The van der Waals surface area contributed by atoms with Crippen LogP contribution in [0.3, 0.4) is 0 Å². The average molecular weight is 112 g/mol. The lowest BCUT2D eigenvalue weighted by molar-refractivity contribution is -0.138. The highest BCUT2D eigenvalue weighted by atomic mass is 16.4. The second-order valence-electron chi connectivity index (χ2n) is 1.61. The lowest BCUT2D eigenvalue weighted by atomic mass is 10.5. The first-order valence-electron chi connectivity index (χ1n) is 2.37. The fourth-order valence-electron chi connectivity index (χ4n) is 0.330. The second kappa shape index (κ2) is 3.09. The Morgan fingerprint density at radius 2 is 1.88 bits per heavy atom. The Bertz CT molecular complexity index is 100. The summed E-state index contributed by atoms with van der Waals surface area (Å²) in [5, 5.41) is 8.05. The van der Waals surface area contributed by atoms with Crippen LogP contribution in [-0.2, 0) is 4.79 Å². The smallest absolute Gasteiger partial charge is 0.306 e. The van der Waals surface area contributed by atoms with E-state index in [1.165, 1.54) is 0 Å². The summed E-state index contributed by atoms with van der Waals surface area (Å²) in [7, 11) is 0. The van der Waals surface area contributed by atoms with Gasteiger partial charge in [-0.3, -0.25) is 4.79 Å². The van der Waals surface area contributed by atoms with Gasteiger partial charge in [0, 0.05) is 0 Å². The number of carbonyl (C=O) groups is 1. The van der Waals surface area contributed by atoms with E-state index in [0.29, 0.717) is 0 Å². The molecule has 1 saturated carbocycles. The largest absolute Gasteiger partial charge is 0.481 e. The molecule has 0 unspecified atom stereocenters. The van der Waals surface area contributed by atoms with Crippen LogP contribution in [0.2, 0.25) is 0 Å². The molecule has 0 heterocycles. The third-order valence-electron chi connectivity index (χ3n) is 0.927. The number of aliphatic carboxylic acids is 1. The van der Waals surface area contributed by atoms with Crippen molar-refractivity contribution in [2.45, 2.75) is 12.8 Å². The molecule has 1 N–H and O–H groups in total. The summed E-state index contributed by atoms with van der Waals surface area (Å²) in [5.41, 5.74) is 0. The zero-order valence-electron chi connectivity index (χ0n) is 4.50. The number of terminal acetylenes is 1. The second-order valence-corrected chi connectivity index (χ2v) is 1.61. The lowest BCUT2D eigenvalue weighted by Gasteiger charge is -1.75. The maximum absolute atomic E-state index is 9.76. The third-order valence-corrected chi connectivity index (χ3v) is 0.927. The van der Waals surface area contributed by atoms with Crippen LogP contribution in [0.1, 0.15) is 12.8 Å². The van der Waals surface area contributed by atoms with Gasteiger partial charge in [0.25, 0.3) is 0 Å². The van der Waals surface area contributed by atoms with Gasteiger partial charge in [-0.05, 0) is 12.8 Å². The predicted molar refractivity (Wildman–Crippen MR) is 30.2 cm³/mol. The van der Waals surface area contributed by atoms with Gasteiger partial charge in [-0.15, -0.1) is 12.8 Å². The molecule has 0 aliphatic heterocycles. The van der Waals surface area contributed by atoms with Gasteiger partial charge in [0.1, 0.15) is 0 Å². The van der Waals surface area contributed by atoms with E-state index in [1.807, 2.05) is 0 Å². The van der Waals surface area contributed by atoms with Gasteiger partial charge in [-0.25, -0.2) is 0 Å². The molecule has 2 nitrogen and oxygen atoms in total. The molecular weight excluding hydrogens is 104 g/mol. The van der Waals surface area contributed by atoms with Crippen LogP contribution < -0.4 is 0 Å². The lowest BCUT2D eigenvalue weighted by Crippen LogP contribution is -1.94. The summed E-state index contributed by atoms with van der Waals surface area (Å²) in [4.78, 5) is 9.76. The SMILES string of the molecule is C#C.O=C(O)C1CC1. The highest BCUT2D eigenvalue weighted by Crippen LogP contribution is 2.28. The summed E-state index contributed by atoms with van der Waals surface area (Å²) >= 11 is 0. The molecule has 44 valence electrons. The van der Waals surface area contributed by atoms with Crippen molar-refractivity contribution in [3.63, 3.8) is 0 Å². The molecule has 0 aromatic carbocycles. The van der Waals surface area contributed by atoms with Crippen LogP contribution in [0.15, 0.2) is 0 Å². The van der Waals surface area contributed by atoms with Crippen LogP contribution in [0.25, 0.3) is 0 Å². The summed E-state index contributed by atoms with van der Waals surface area (Å²) in [6, 6.07) is 0. The number of rotatable bonds is 1. The van der Waals surface area contributed by atoms with Gasteiger partial charge in [-0.1, -0.05) is 0 Å². The first-order chi connectivity index (χ1) is 3.80. The molecule has 8 heavy (non-hydrogen) atoms. The van der Waals surface area contributed by atoms with Crippen LogP contribution in [0.4, 0.5) is 0 Å². The Balaban J connectivity index is 0.000000222. The average Bonchev–Trinajstić information content (AvgIpc) is 2.50. The van der Waals surface area contributed by atoms with E-state index in [9.17, 15) is 4.79 Å². The Morgan fingerprint density at radius 1 is 1.50 bits per heavy atom. The first-order valence-corrected chi connectivity index (χ1v) is 2.37. The minimum Gasteiger partial charge on any atom is -0.481 e. The van der Waals surface area contributed by atoms with Gasteiger partial charge >= 0.3 is 5.97 Å². The molecule has 0 radical (unpaired) electrons. The van der Waals surface area contributed by atoms with E-state index in [1.54, 1.807) is 0 Å². The molecule has 0 spiro atoms. The summed E-state index contributed by atoms with van der Waals surface area (Å²) in [6.07, 6.45) is 9.80. The number of hydrogen-bond donors (Lipinski definition) is 1. The molecule has 1 fully saturated rings. The molecule has 0 saturated heterocycles. The fraction of sp³-hybridized carbons (Fsp3) is 0.500. The van der Waals surface area contributed by atoms with Gasteiger partial charge in [0.05, 0.1) is 5.92 Å². The quantitative estimate of drug-likeness (QED) is 0.508. The van der Waals surface area contributed by atoms with Gasteiger partial charge in [0.2, 0.25) is 0 Å². The topological polar surface area (TPSA) is 37.3 Å². The van der Waals surface area contributed by atoms with Crippen molar-refractivity contribution in [2.75, 3.05) is 0 Å². The van der Waals surface area contributed by atoms with Crippen LogP contribution in [0.5, 0.6) is 0 Å². The van der Waals surface area contributed by atoms with Crippen LogP contribution >= 0.6 is 0 Å². The molecule has 1 aliphatic rings. The standard InChI is InChI=1S/C4H6O2.C2H2/c5-4(6)3-1-2-3;1-2/h3H,1-2H2,(H,5,6);1-2H. The molecule has 0 amide bonds. The molecule has 0 bridgehead atoms. The molecule has 1 rings (SSSR count). The number of carboxylic acid groups (broad SMARTS) is 1. The van der Waals surface area contributed by atoms with E-state index in [2.05, 4.69) is 12.8 Å². The van der Waals surface area contributed by atoms with E-state index in [0.717, 1.165) is 12.8 Å². The predicted octanol–water partition coefficient (Wildman–Crippen LogP) is 0.730. The maximum atomic E-state index is 9.76. The van der Waals surface area contributed by atoms with Gasteiger partial charge < -0.3 is 5.11 Å². The minimum atomic E-state index is -0.630. The molecule has 0 atom stereocenters. The number of carboxylic acids is 1. The Kier molecular flexibility index (Phi) is 2.71. The van der Waals surface area contributed by atoms with E-state index < -0.39 is 5.97 Å². The maximum Gasteiger partial charge on any atom is 0.306 e. The summed E-state index contributed by atoms with van der Waals surface area (Å²) < 4.78 is 0. The van der Waals surface area contributed by atoms with Crippen molar-refractivity contribution in [3.05, 3.63) is 0 Å². The van der Waals surface area contributed by atoms with E-state index >= 15 is 0 Å². The van der Waals surface area contributed by atoms with Crippen molar-refractivity contribution in [1.82, 2.24) is 0 Å². The highest BCUT2D eigenvalue weighted by molar-refractivity contribution is 5.72. The van der Waals surface area contributed by atoms with Crippen molar-refractivity contribution in [1.29, 1.82) is 0 Å². The summed E-state index contributed by atoms with van der Waals surface area (Å²) in [6.45, 7) is 0. The Labute approximate surface area is 48.5 Å². The first kappa shape index (κ1) is 7.03. The number of hydrogen-bond acceptors (Lipinski definition) is 1. The third kappa shape index (κ3) is 2.25. The normalized spacial score (nSPS) is 15.8. The van der Waals surface area contributed by atoms with Crippen molar-refractivity contribution in [2.24, 2.45) is 5.92 Å². The van der Waals surface area contributed by atoms with Crippen LogP contribution in [-0.4, -0.2) is 11.1 Å². The van der Waals surface area contributed by atoms with Crippen molar-refractivity contribution >= 4 is 5.97 Å². The minimum absolute atomic E-state index is 0.0185. The van der Waals surface area contributed by atoms with Gasteiger partial charge in [-0.2, -0.15) is 0 Å². The van der Waals surface area contributed by atoms with Gasteiger partial charge in [0.15, 0.2) is 0 Å². The zero-order chi connectivity index (χ0) is 6.57. The molecule has 2 heteroatoms. The van der Waals surface area contributed by atoms with E-state index in [-0.39, 0.29) is 5.92 Å². The highest BCUT2D eigenvalue weighted by Gasteiger charge is 2.28. The summed E-state index contributed by atoms with van der Waals surface area (Å²) in [5.74, 6) is -0.611. The Hall–Kier alpha value is -0.970. The molecule has 1 aliphatic carbocycles. The Morgan fingerprint density at radius 3 is 1.88 bits per heavy atom. The van der Waals surface area contributed by atoms with Crippen molar-refractivity contribution < 1.29 is 9.90 Å². The van der Waals surface area contributed by atoms with Crippen LogP contribution in [0, 0.1) is 18.8 Å². The molecule has 0 aromatic heterocycles. The zero-order valence-corrected chi connectivity index (χ0v) is 4.50. The van der Waals surface area contributed by atoms with E-state index in [4.69, 9.17) is 5.11 Å². The molecule has 0 aromatic rings. The van der Waals surface area contributed by atoms with Crippen molar-refractivity contribution in [3.8, 4) is 12.8 Å². The monoisotopic (exact) mass is 112 g/mol.